The molecular formula is C18H18N4O4S. The predicted molar refractivity (Wildman–Crippen MR) is 101 cm³/mol. The fourth-order valence-corrected chi connectivity index (χ4v) is 2.98. The van der Waals surface area contributed by atoms with Crippen molar-refractivity contribution in [1.29, 1.82) is 0 Å². The Bertz CT molecular complexity index is 1060. The van der Waals surface area contributed by atoms with Crippen LogP contribution >= 0.6 is 0 Å². The summed E-state index contributed by atoms with van der Waals surface area (Å²) in [6.45, 7) is 1.81. The van der Waals surface area contributed by atoms with E-state index in [1.807, 2.05) is 30.3 Å². The van der Waals surface area contributed by atoms with Gasteiger partial charge in [-0.05, 0) is 24.6 Å². The minimum absolute atomic E-state index is 0.0569. The summed E-state index contributed by atoms with van der Waals surface area (Å²) >= 11 is 0. The molecule has 0 unspecified atom stereocenters. The largest absolute Gasteiger partial charge is 0.343 e. The molecule has 1 aromatic heterocycles. The van der Waals surface area contributed by atoms with E-state index in [1.54, 1.807) is 19.1 Å². The van der Waals surface area contributed by atoms with E-state index in [9.17, 15) is 13.2 Å². The van der Waals surface area contributed by atoms with E-state index in [0.29, 0.717) is 22.6 Å². The van der Waals surface area contributed by atoms with Gasteiger partial charge in [0.15, 0.2) is 0 Å². The van der Waals surface area contributed by atoms with Crippen molar-refractivity contribution in [1.82, 2.24) is 15.5 Å². The number of sulfonamides is 1. The van der Waals surface area contributed by atoms with E-state index in [1.165, 1.54) is 6.07 Å². The lowest BCUT2D eigenvalue weighted by atomic mass is 10.1. The van der Waals surface area contributed by atoms with Crippen LogP contribution in [0.15, 0.2) is 53.1 Å². The molecule has 1 amide bonds. The van der Waals surface area contributed by atoms with Crippen LogP contribution in [0.3, 0.4) is 0 Å². The predicted octanol–water partition coefficient (Wildman–Crippen LogP) is 2.35. The Morgan fingerprint density at radius 1 is 1.15 bits per heavy atom. The van der Waals surface area contributed by atoms with Gasteiger partial charge >= 0.3 is 0 Å². The Morgan fingerprint density at radius 3 is 2.59 bits per heavy atom. The van der Waals surface area contributed by atoms with Gasteiger partial charge in [-0.15, -0.1) is 0 Å². The second-order valence-electron chi connectivity index (χ2n) is 5.96. The summed E-state index contributed by atoms with van der Waals surface area (Å²) in [5, 5.41) is 6.57. The van der Waals surface area contributed by atoms with E-state index in [2.05, 4.69) is 20.2 Å². The summed E-state index contributed by atoms with van der Waals surface area (Å²) in [5.74, 6) is 0.324. The Balaban J connectivity index is 1.68. The molecule has 8 nitrogen and oxygen atoms in total. The van der Waals surface area contributed by atoms with Gasteiger partial charge in [0.2, 0.25) is 21.7 Å². The monoisotopic (exact) mass is 386 g/mol. The first-order valence-corrected chi connectivity index (χ1v) is 9.95. The van der Waals surface area contributed by atoms with Crippen molar-refractivity contribution >= 4 is 21.6 Å². The molecule has 0 saturated carbocycles. The first-order valence-electron chi connectivity index (χ1n) is 8.06. The first-order chi connectivity index (χ1) is 12.8. The molecule has 9 heteroatoms. The minimum atomic E-state index is -3.44. The van der Waals surface area contributed by atoms with Crippen LogP contribution in [0, 0.1) is 6.92 Å². The minimum Gasteiger partial charge on any atom is -0.343 e. The Labute approximate surface area is 156 Å². The van der Waals surface area contributed by atoms with Crippen molar-refractivity contribution in [2.75, 3.05) is 11.0 Å². The van der Waals surface area contributed by atoms with Gasteiger partial charge in [-0.1, -0.05) is 41.6 Å². The zero-order valence-corrected chi connectivity index (χ0v) is 15.6. The average Bonchev–Trinajstić information content (AvgIpc) is 3.10. The molecule has 3 aromatic rings. The molecule has 3 rings (SSSR count). The summed E-state index contributed by atoms with van der Waals surface area (Å²) in [7, 11) is -3.44. The molecule has 0 aliphatic heterocycles. The summed E-state index contributed by atoms with van der Waals surface area (Å²) in [6.07, 6.45) is 1.05. The highest BCUT2D eigenvalue weighted by atomic mass is 32.2. The van der Waals surface area contributed by atoms with Crippen LogP contribution in [-0.4, -0.2) is 30.7 Å². The van der Waals surface area contributed by atoms with Crippen LogP contribution in [0.2, 0.25) is 0 Å². The number of aryl methyl sites for hydroxylation is 1. The van der Waals surface area contributed by atoms with Crippen molar-refractivity contribution in [3.05, 3.63) is 65.5 Å². The van der Waals surface area contributed by atoms with E-state index >= 15 is 0 Å². The number of anilines is 1. The second kappa shape index (κ2) is 7.58. The first kappa shape index (κ1) is 18.6. The summed E-state index contributed by atoms with van der Waals surface area (Å²) in [5.41, 5.74) is 2.19. The third-order valence-electron chi connectivity index (χ3n) is 3.70. The Hall–Kier alpha value is -3.20. The molecule has 0 spiro atoms. The lowest BCUT2D eigenvalue weighted by Gasteiger charge is -2.10. The van der Waals surface area contributed by atoms with Crippen molar-refractivity contribution < 1.29 is 17.7 Å². The highest BCUT2D eigenvalue weighted by Crippen LogP contribution is 2.18. The number of benzene rings is 2. The molecular weight excluding hydrogens is 368 g/mol. The van der Waals surface area contributed by atoms with E-state index in [-0.39, 0.29) is 18.3 Å². The molecule has 0 aliphatic rings. The molecule has 0 atom stereocenters. The number of rotatable bonds is 6. The average molecular weight is 386 g/mol. The zero-order chi connectivity index (χ0) is 19.4. The number of nitrogens with zero attached hydrogens (tertiary/aromatic N) is 2. The summed E-state index contributed by atoms with van der Waals surface area (Å²) in [6, 6.07) is 14.1. The molecule has 0 saturated heterocycles. The van der Waals surface area contributed by atoms with E-state index in [0.717, 1.165) is 11.8 Å². The van der Waals surface area contributed by atoms with Gasteiger partial charge in [0.25, 0.3) is 5.91 Å². The van der Waals surface area contributed by atoms with Crippen LogP contribution < -0.4 is 10.0 Å². The SMILES string of the molecule is Cc1ccc(C(=O)NCc2nc(-c3ccccc3)no2)cc1NS(C)(=O)=O. The highest BCUT2D eigenvalue weighted by Gasteiger charge is 2.13. The number of nitrogens with one attached hydrogen (secondary N) is 2. The maximum Gasteiger partial charge on any atom is 0.251 e. The lowest BCUT2D eigenvalue weighted by molar-refractivity contribution is 0.0946. The third-order valence-corrected chi connectivity index (χ3v) is 4.29. The van der Waals surface area contributed by atoms with Crippen molar-refractivity contribution in [3.8, 4) is 11.4 Å². The number of hydrogen-bond acceptors (Lipinski definition) is 6. The maximum absolute atomic E-state index is 12.3. The number of aromatic nitrogens is 2. The topological polar surface area (TPSA) is 114 Å². The fraction of sp³-hybridized carbons (Fsp3) is 0.167. The molecule has 1 heterocycles. The van der Waals surface area contributed by atoms with Gasteiger partial charge in [0.05, 0.1) is 18.5 Å². The second-order valence-corrected chi connectivity index (χ2v) is 7.71. The van der Waals surface area contributed by atoms with Crippen LogP contribution in [0.4, 0.5) is 5.69 Å². The molecule has 0 fully saturated rings. The van der Waals surface area contributed by atoms with E-state index < -0.39 is 10.0 Å². The number of amides is 1. The van der Waals surface area contributed by atoms with Gasteiger partial charge in [0, 0.05) is 11.1 Å². The van der Waals surface area contributed by atoms with Crippen molar-refractivity contribution in [2.45, 2.75) is 13.5 Å². The van der Waals surface area contributed by atoms with Crippen LogP contribution in [-0.2, 0) is 16.6 Å². The smallest absolute Gasteiger partial charge is 0.251 e. The van der Waals surface area contributed by atoms with Gasteiger partial charge in [-0.2, -0.15) is 4.98 Å². The van der Waals surface area contributed by atoms with Crippen LogP contribution in [0.1, 0.15) is 21.8 Å². The van der Waals surface area contributed by atoms with E-state index in [4.69, 9.17) is 4.52 Å². The highest BCUT2D eigenvalue weighted by molar-refractivity contribution is 7.92. The molecule has 0 radical (unpaired) electrons. The van der Waals surface area contributed by atoms with Gasteiger partial charge in [-0.25, -0.2) is 8.42 Å². The zero-order valence-electron chi connectivity index (χ0n) is 14.8. The van der Waals surface area contributed by atoms with Crippen molar-refractivity contribution in [2.24, 2.45) is 0 Å². The van der Waals surface area contributed by atoms with Gasteiger partial charge in [0.1, 0.15) is 0 Å². The molecule has 2 N–H and O–H groups in total. The molecule has 0 aliphatic carbocycles. The fourth-order valence-electron chi connectivity index (χ4n) is 2.36. The quantitative estimate of drug-likeness (QED) is 0.672. The van der Waals surface area contributed by atoms with Crippen molar-refractivity contribution in [3.63, 3.8) is 0 Å². The van der Waals surface area contributed by atoms with Gasteiger partial charge < -0.3 is 9.84 Å². The Kier molecular flexibility index (Phi) is 5.22. The molecule has 2 aromatic carbocycles. The number of carbonyl (C=O) groups excluding carboxylic acids is 1. The molecule has 140 valence electrons. The third kappa shape index (κ3) is 4.91. The maximum atomic E-state index is 12.3. The number of carbonyl (C=O) groups is 1. The molecule has 0 bridgehead atoms. The van der Waals surface area contributed by atoms with Gasteiger partial charge in [-0.3, -0.25) is 9.52 Å². The lowest BCUT2D eigenvalue weighted by Crippen LogP contribution is -2.23. The normalized spacial score (nSPS) is 11.2. The standard InChI is InChI=1S/C18H18N4O4S/c1-12-8-9-14(10-15(12)22-27(2,24)25)18(23)19-11-16-20-17(21-26-16)13-6-4-3-5-7-13/h3-10,22H,11H2,1-2H3,(H,19,23). The summed E-state index contributed by atoms with van der Waals surface area (Å²) < 4.78 is 30.4. The van der Waals surface area contributed by atoms with Crippen LogP contribution in [0.5, 0.6) is 0 Å². The summed E-state index contributed by atoms with van der Waals surface area (Å²) in [4.78, 5) is 16.6. The van der Waals surface area contributed by atoms with Crippen LogP contribution in [0.25, 0.3) is 11.4 Å². The molecule has 27 heavy (non-hydrogen) atoms. The number of hydrogen-bond donors (Lipinski definition) is 2. The Morgan fingerprint density at radius 2 is 1.89 bits per heavy atom.